The van der Waals surface area contributed by atoms with E-state index in [0.29, 0.717) is 59.9 Å². The summed E-state index contributed by atoms with van der Waals surface area (Å²) in [4.78, 5) is 29.1. The number of ether oxygens (including phenoxy) is 2. The zero-order valence-corrected chi connectivity index (χ0v) is 35.6. The fourth-order valence-electron chi connectivity index (χ4n) is 7.08. The van der Waals surface area contributed by atoms with E-state index < -0.39 is 0 Å². The van der Waals surface area contributed by atoms with Gasteiger partial charge in [-0.15, -0.1) is 0 Å². The normalized spacial score (nSPS) is 16.7. The van der Waals surface area contributed by atoms with Gasteiger partial charge in [-0.05, 0) is 63.2 Å². The summed E-state index contributed by atoms with van der Waals surface area (Å²) in [6, 6.07) is 15.7. The van der Waals surface area contributed by atoms with E-state index in [2.05, 4.69) is 48.7 Å². The van der Waals surface area contributed by atoms with E-state index in [1.807, 2.05) is 35.9 Å². The van der Waals surface area contributed by atoms with E-state index in [0.717, 1.165) is 58.9 Å². The van der Waals surface area contributed by atoms with Crippen LogP contribution in [0, 0.1) is 19.1 Å². The molecule has 5 aromatic heterocycles. The van der Waals surface area contributed by atoms with E-state index in [1.54, 1.807) is 24.7 Å². The second kappa shape index (κ2) is 18.6. The van der Waals surface area contributed by atoms with Crippen molar-refractivity contribution in [3.05, 3.63) is 97.4 Å². The minimum Gasteiger partial charge on any atom is -0.377 e. The molecule has 2 N–H and O–H groups in total. The summed E-state index contributed by atoms with van der Waals surface area (Å²) in [5, 5.41) is 6.47. The van der Waals surface area contributed by atoms with Crippen LogP contribution in [0.15, 0.2) is 73.2 Å². The van der Waals surface area contributed by atoms with Gasteiger partial charge in [0.1, 0.15) is 28.4 Å². The van der Waals surface area contributed by atoms with Gasteiger partial charge in [-0.1, -0.05) is 11.6 Å². The van der Waals surface area contributed by atoms with Crippen LogP contribution in [0.2, 0.25) is 5.15 Å². The van der Waals surface area contributed by atoms with E-state index in [4.69, 9.17) is 31.0 Å². The fraction of sp³-hybridized carbons (Fsp3) is 0.300. The van der Waals surface area contributed by atoms with Gasteiger partial charge in [0.05, 0.1) is 49.9 Å². The number of nitrogens with zero attached hydrogens (tertiary/aromatic N) is 8. The van der Waals surface area contributed by atoms with Crippen LogP contribution >= 0.6 is 11.6 Å². The summed E-state index contributed by atoms with van der Waals surface area (Å²) in [5.74, 6) is 1.78. The molecule has 0 spiro atoms. The summed E-state index contributed by atoms with van der Waals surface area (Å²) >= 11 is 6.22. The Morgan fingerprint density at radius 1 is 0.754 bits per heavy atom. The third-order valence-electron chi connectivity index (χ3n) is 9.75. The monoisotopic (exact) mass is 971 g/mol. The van der Waals surface area contributed by atoms with Crippen molar-refractivity contribution in [1.82, 2.24) is 39.7 Å². The summed E-state index contributed by atoms with van der Waals surface area (Å²) < 4.78 is 41.3. The Labute approximate surface area is 347 Å². The van der Waals surface area contributed by atoms with E-state index >= 15 is 0 Å². The molecule has 2 fully saturated rings. The van der Waals surface area contributed by atoms with Gasteiger partial charge in [0.25, 0.3) is 0 Å². The van der Waals surface area contributed by atoms with Crippen LogP contribution in [0.5, 0.6) is 0 Å². The van der Waals surface area contributed by atoms with Crippen molar-refractivity contribution in [2.24, 2.45) is 0 Å². The van der Waals surface area contributed by atoms with Crippen LogP contribution in [0.25, 0.3) is 56.0 Å². The predicted octanol–water partition coefficient (Wildman–Crippen LogP) is 8.12. The van der Waals surface area contributed by atoms with Crippen LogP contribution < -0.4 is 9.80 Å². The number of H-pyrrole nitrogens is 2. The number of aromatic amines is 2. The largest absolute Gasteiger partial charge is 0.377 e. The second-order valence-corrected chi connectivity index (χ2v) is 13.7. The fourth-order valence-corrected chi connectivity index (χ4v) is 7.26. The molecule has 9 rings (SSSR count). The molecule has 2 saturated heterocycles. The number of aromatic nitrogens is 8. The van der Waals surface area contributed by atoms with Crippen molar-refractivity contribution < 1.29 is 44.0 Å². The topological polar surface area (TPSA) is 126 Å². The first-order chi connectivity index (χ1) is 26.2. The SMILES string of the molecule is CCn1nccc1-c1cc(N2CCOC[C@H]2C)nc(-c2cc(F)cc3[nH]ccc23)n1.C[C@@H]1COCCN1c1cc(Cl)nc(-c2cc(F)cc3[nH]ccc23)n1.F.[CH3-].[W]. The van der Waals surface area contributed by atoms with E-state index in [-0.39, 0.29) is 56.9 Å². The van der Waals surface area contributed by atoms with Crippen LogP contribution in [-0.4, -0.2) is 91.3 Å². The summed E-state index contributed by atoms with van der Waals surface area (Å²) in [7, 11) is 0. The Morgan fingerprint density at radius 2 is 1.28 bits per heavy atom. The molecule has 12 nitrogen and oxygen atoms in total. The molecular weight excluding hydrogens is 929 g/mol. The van der Waals surface area contributed by atoms with Gasteiger partial charge in [0.15, 0.2) is 11.6 Å². The van der Waals surface area contributed by atoms with Gasteiger partial charge < -0.3 is 36.7 Å². The van der Waals surface area contributed by atoms with Crippen molar-refractivity contribution in [1.29, 1.82) is 0 Å². The third kappa shape index (κ3) is 9.01. The van der Waals surface area contributed by atoms with Gasteiger partial charge in [0.2, 0.25) is 0 Å². The zero-order chi connectivity index (χ0) is 37.3. The first-order valence-electron chi connectivity index (χ1n) is 17.9. The minimum atomic E-state index is -0.343. The number of nitrogens with one attached hydrogen (secondary N) is 2. The molecule has 2 aromatic carbocycles. The summed E-state index contributed by atoms with van der Waals surface area (Å²) in [6.07, 6.45) is 5.34. The number of morpholine rings is 2. The Balaban J connectivity index is 0.000000211. The zero-order valence-electron chi connectivity index (χ0n) is 31.9. The molecule has 7 aromatic rings. The molecule has 2 aliphatic rings. The summed E-state index contributed by atoms with van der Waals surface area (Å²) in [6.45, 7) is 11.0. The van der Waals surface area contributed by atoms with Gasteiger partial charge in [-0.25, -0.2) is 28.7 Å². The van der Waals surface area contributed by atoms with Crippen LogP contribution in [0.4, 0.5) is 25.1 Å². The second-order valence-electron chi connectivity index (χ2n) is 13.4. The quantitative estimate of drug-likeness (QED) is 0.126. The third-order valence-corrected chi connectivity index (χ3v) is 9.94. The van der Waals surface area contributed by atoms with E-state index in [1.165, 1.54) is 24.3 Å². The molecule has 0 unspecified atom stereocenters. The average molecular weight is 972 g/mol. The molecule has 57 heavy (non-hydrogen) atoms. The van der Waals surface area contributed by atoms with Crippen LogP contribution in [-0.2, 0) is 37.1 Å². The van der Waals surface area contributed by atoms with Crippen molar-refractivity contribution in [2.75, 3.05) is 49.3 Å². The van der Waals surface area contributed by atoms with E-state index in [9.17, 15) is 8.78 Å². The van der Waals surface area contributed by atoms with Crippen molar-refractivity contribution in [2.45, 2.75) is 39.4 Å². The maximum Gasteiger partial charge on any atom is 0.163 e. The molecule has 0 saturated carbocycles. The summed E-state index contributed by atoms with van der Waals surface area (Å²) in [5.41, 5.74) is 4.38. The Hall–Kier alpha value is -4.82. The first kappa shape index (κ1) is 43.3. The maximum atomic E-state index is 14.4. The number of fused-ring (bicyclic) bond motifs is 2. The van der Waals surface area contributed by atoms with Gasteiger partial charge in [-0.3, -0.25) is 9.39 Å². The van der Waals surface area contributed by atoms with Gasteiger partial charge >= 0.3 is 0 Å². The van der Waals surface area contributed by atoms with Crippen molar-refractivity contribution >= 4 is 45.0 Å². The molecule has 0 aliphatic carbocycles. The van der Waals surface area contributed by atoms with Crippen LogP contribution in [0.1, 0.15) is 20.8 Å². The first-order valence-corrected chi connectivity index (χ1v) is 18.3. The molecule has 7 heterocycles. The number of anilines is 2. The van der Waals surface area contributed by atoms with Gasteiger partial charge in [0, 0.05) is 104 Å². The average Bonchev–Trinajstić information content (AvgIpc) is 3.96. The number of hydrogen-bond donors (Lipinski definition) is 2. The Kier molecular flexibility index (Phi) is 14.1. The maximum absolute atomic E-state index is 14.4. The predicted molar refractivity (Wildman–Crippen MR) is 215 cm³/mol. The van der Waals surface area contributed by atoms with Gasteiger partial charge in [-0.2, -0.15) is 5.10 Å². The molecule has 2 aliphatic heterocycles. The number of hydrogen-bond acceptors (Lipinski definition) is 9. The number of rotatable bonds is 6. The molecule has 17 heteroatoms. The minimum absolute atomic E-state index is 0. The molecule has 2 atom stereocenters. The van der Waals surface area contributed by atoms with Crippen molar-refractivity contribution in [3.8, 4) is 34.2 Å². The molecule has 0 radical (unpaired) electrons. The number of halogens is 4. The molecule has 0 amide bonds. The standard InChI is InChI=1S/C22H23FN6O.C17H16ClFN4O.CH3.FH.W/c1-3-29-20(5-7-25-29)19-12-21(28-8-9-30-13-14(28)2)27-22(26-19)17-10-15(23)11-18-16(17)4-6-24-18;1-10-9-24-5-4-23(10)16-8-15(18)21-17(22-16)13-6-11(19)7-14-12(13)2-3-20-14;;;/h4-7,10-12,14,24H,3,8-9,13H2,1-2H3;2-3,6-8,10,20H,4-5,9H2,1H3;1H3;1H;/q;;-1;;/t14-;10-;;;/m11.../s1. The Morgan fingerprint density at radius 3 is 1.81 bits per heavy atom. The molecule has 0 bridgehead atoms. The molecular formula is C40H43ClF3N10O2W-. The van der Waals surface area contributed by atoms with Crippen LogP contribution in [0.3, 0.4) is 0 Å². The van der Waals surface area contributed by atoms with Crippen molar-refractivity contribution in [3.63, 3.8) is 0 Å². The molecule has 300 valence electrons. The number of aryl methyl sites for hydroxylation is 1. The Bertz CT molecular complexity index is 2440. The number of benzene rings is 2. The smallest absolute Gasteiger partial charge is 0.163 e.